The van der Waals surface area contributed by atoms with Crippen LogP contribution in [0.3, 0.4) is 0 Å². The molecule has 8 nitrogen and oxygen atoms in total. The lowest BCUT2D eigenvalue weighted by molar-refractivity contribution is 0.0950. The summed E-state index contributed by atoms with van der Waals surface area (Å²) in [4.78, 5) is 23.2. The van der Waals surface area contributed by atoms with Crippen LogP contribution in [-0.4, -0.2) is 42.1 Å². The van der Waals surface area contributed by atoms with Gasteiger partial charge in [0, 0.05) is 24.3 Å². The third-order valence-electron chi connectivity index (χ3n) is 5.17. The summed E-state index contributed by atoms with van der Waals surface area (Å²) in [7, 11) is -4.01. The Balaban J connectivity index is 1.71. The number of carboxylic acid groups (broad SMARTS) is 1. The van der Waals surface area contributed by atoms with E-state index in [1.165, 1.54) is 22.3 Å². The largest absolute Gasteiger partial charge is 0.465 e. The van der Waals surface area contributed by atoms with Gasteiger partial charge in [0.25, 0.3) is 15.9 Å². The van der Waals surface area contributed by atoms with E-state index in [-0.39, 0.29) is 29.0 Å². The van der Waals surface area contributed by atoms with Gasteiger partial charge in [-0.05, 0) is 54.7 Å². The number of carbonyl (C=O) groups excluding carboxylic acids is 1. The highest BCUT2D eigenvalue weighted by atomic mass is 32.2. The van der Waals surface area contributed by atoms with Crippen LogP contribution in [0.2, 0.25) is 0 Å². The van der Waals surface area contributed by atoms with Crippen LogP contribution in [0.5, 0.6) is 0 Å². The average molecular weight is 454 g/mol. The Hall–Kier alpha value is -3.59. The molecular formula is C23H23N3O5S. The van der Waals surface area contributed by atoms with Gasteiger partial charge in [0.05, 0.1) is 10.6 Å². The first-order chi connectivity index (χ1) is 15.3. The maximum atomic E-state index is 13.6. The first kappa shape index (κ1) is 21.6. The minimum absolute atomic E-state index is 0.00365. The van der Waals surface area contributed by atoms with Crippen molar-refractivity contribution in [2.75, 3.05) is 6.54 Å². The summed E-state index contributed by atoms with van der Waals surface area (Å²) in [5.41, 5.74) is 2.13. The molecule has 3 aromatic rings. The fourth-order valence-electron chi connectivity index (χ4n) is 3.37. The maximum Gasteiger partial charge on any atom is 0.404 e. The van der Waals surface area contributed by atoms with Gasteiger partial charge in [-0.1, -0.05) is 36.4 Å². The van der Waals surface area contributed by atoms with Crippen LogP contribution in [0, 0.1) is 0 Å². The molecule has 166 valence electrons. The highest BCUT2D eigenvalue weighted by Gasteiger charge is 2.26. The fourth-order valence-corrected chi connectivity index (χ4v) is 4.82. The number of nitrogens with zero attached hydrogens (tertiary/aromatic N) is 1. The van der Waals surface area contributed by atoms with Crippen LogP contribution in [0.15, 0.2) is 71.8 Å². The van der Waals surface area contributed by atoms with Gasteiger partial charge in [-0.2, -0.15) is 0 Å². The highest BCUT2D eigenvalue weighted by molar-refractivity contribution is 7.90. The number of carbonyl (C=O) groups is 2. The van der Waals surface area contributed by atoms with Crippen molar-refractivity contribution in [3.63, 3.8) is 0 Å². The fraction of sp³-hybridized carbons (Fsp3) is 0.217. The molecule has 1 saturated carbocycles. The Morgan fingerprint density at radius 1 is 1.03 bits per heavy atom. The molecule has 1 aliphatic carbocycles. The zero-order chi connectivity index (χ0) is 22.7. The van der Waals surface area contributed by atoms with Crippen LogP contribution in [0.4, 0.5) is 4.79 Å². The second-order valence-corrected chi connectivity index (χ2v) is 9.47. The lowest BCUT2D eigenvalue weighted by Gasteiger charge is -2.12. The van der Waals surface area contributed by atoms with E-state index < -0.39 is 16.1 Å². The van der Waals surface area contributed by atoms with E-state index in [9.17, 15) is 18.0 Å². The van der Waals surface area contributed by atoms with E-state index in [0.29, 0.717) is 23.2 Å². The smallest absolute Gasteiger partial charge is 0.404 e. The van der Waals surface area contributed by atoms with Crippen molar-refractivity contribution in [2.24, 2.45) is 0 Å². The molecule has 9 heteroatoms. The molecule has 0 aliphatic heterocycles. The number of nitrogens with one attached hydrogen (secondary N) is 2. The van der Waals surface area contributed by atoms with E-state index in [1.807, 2.05) is 18.2 Å². The number of rotatable bonds is 8. The normalized spacial score (nSPS) is 13.5. The SMILES string of the molecule is O=C(O)NCCc1cc(-c2ccccc2)n(S(=O)(=O)c2cccc(C(=O)NC3CC3)c2)c1. The summed E-state index contributed by atoms with van der Waals surface area (Å²) in [6, 6.07) is 17.0. The van der Waals surface area contributed by atoms with Gasteiger partial charge in [-0.15, -0.1) is 0 Å². The Bertz CT molecular complexity index is 1250. The number of hydrogen-bond acceptors (Lipinski definition) is 4. The van der Waals surface area contributed by atoms with Crippen molar-refractivity contribution in [3.8, 4) is 11.3 Å². The van der Waals surface area contributed by atoms with E-state index in [2.05, 4.69) is 10.6 Å². The lowest BCUT2D eigenvalue weighted by Crippen LogP contribution is -2.25. The molecular weight excluding hydrogens is 430 g/mol. The summed E-state index contributed by atoms with van der Waals surface area (Å²) >= 11 is 0. The number of amides is 2. The minimum atomic E-state index is -4.01. The molecule has 0 spiro atoms. The van der Waals surface area contributed by atoms with Crippen molar-refractivity contribution < 1.29 is 23.1 Å². The second kappa shape index (κ2) is 8.88. The third kappa shape index (κ3) is 4.83. The molecule has 32 heavy (non-hydrogen) atoms. The number of hydrogen-bond donors (Lipinski definition) is 3. The minimum Gasteiger partial charge on any atom is -0.465 e. The van der Waals surface area contributed by atoms with E-state index in [0.717, 1.165) is 12.8 Å². The second-order valence-electron chi connectivity index (χ2n) is 7.66. The molecule has 0 bridgehead atoms. The molecule has 2 aromatic carbocycles. The first-order valence-electron chi connectivity index (χ1n) is 10.2. The molecule has 0 saturated heterocycles. The lowest BCUT2D eigenvalue weighted by atomic mass is 10.1. The average Bonchev–Trinajstić information content (AvgIpc) is 3.49. The molecule has 1 aliphatic rings. The maximum absolute atomic E-state index is 13.6. The molecule has 1 aromatic heterocycles. The molecule has 2 amide bonds. The molecule has 1 heterocycles. The summed E-state index contributed by atoms with van der Waals surface area (Å²) in [5.74, 6) is -0.291. The summed E-state index contributed by atoms with van der Waals surface area (Å²) in [6.07, 6.45) is 2.57. The highest BCUT2D eigenvalue weighted by Crippen LogP contribution is 2.28. The standard InChI is InChI=1S/C23H23N3O5S/c27-22(25-19-9-10-19)18-7-4-8-20(14-18)32(30,31)26-15-16(11-12-24-23(28)29)13-21(26)17-5-2-1-3-6-17/h1-8,13-15,19,24H,9-12H2,(H,25,27)(H,28,29). The van der Waals surface area contributed by atoms with Crippen molar-refractivity contribution in [1.82, 2.24) is 14.6 Å². The Morgan fingerprint density at radius 3 is 2.47 bits per heavy atom. The van der Waals surface area contributed by atoms with Crippen molar-refractivity contribution in [1.29, 1.82) is 0 Å². The van der Waals surface area contributed by atoms with E-state index in [1.54, 1.807) is 30.3 Å². The summed E-state index contributed by atoms with van der Waals surface area (Å²) in [5, 5.41) is 13.9. The van der Waals surface area contributed by atoms with Crippen LogP contribution in [0.1, 0.15) is 28.8 Å². The van der Waals surface area contributed by atoms with Crippen LogP contribution < -0.4 is 10.6 Å². The van der Waals surface area contributed by atoms with Gasteiger partial charge in [0.2, 0.25) is 0 Å². The molecule has 0 radical (unpaired) electrons. The van der Waals surface area contributed by atoms with Gasteiger partial charge in [-0.25, -0.2) is 17.2 Å². The Morgan fingerprint density at radius 2 is 1.78 bits per heavy atom. The van der Waals surface area contributed by atoms with Gasteiger partial charge >= 0.3 is 6.09 Å². The predicted octanol–water partition coefficient (Wildman–Crippen LogP) is 3.09. The molecule has 0 atom stereocenters. The summed E-state index contributed by atoms with van der Waals surface area (Å²) < 4.78 is 28.3. The molecule has 4 rings (SSSR count). The van der Waals surface area contributed by atoms with Gasteiger partial charge in [-0.3, -0.25) is 4.79 Å². The topological polar surface area (TPSA) is 118 Å². The zero-order valence-corrected chi connectivity index (χ0v) is 18.0. The first-order valence-corrected chi connectivity index (χ1v) is 11.7. The number of aromatic nitrogens is 1. The van der Waals surface area contributed by atoms with Crippen molar-refractivity contribution in [2.45, 2.75) is 30.2 Å². The van der Waals surface area contributed by atoms with Crippen LogP contribution in [-0.2, 0) is 16.4 Å². The van der Waals surface area contributed by atoms with Crippen LogP contribution >= 0.6 is 0 Å². The van der Waals surface area contributed by atoms with Gasteiger partial charge in [0.1, 0.15) is 0 Å². The molecule has 3 N–H and O–H groups in total. The zero-order valence-electron chi connectivity index (χ0n) is 17.2. The monoisotopic (exact) mass is 453 g/mol. The van der Waals surface area contributed by atoms with E-state index >= 15 is 0 Å². The van der Waals surface area contributed by atoms with Gasteiger partial charge in [0.15, 0.2) is 0 Å². The van der Waals surface area contributed by atoms with E-state index in [4.69, 9.17) is 5.11 Å². The third-order valence-corrected chi connectivity index (χ3v) is 6.84. The van der Waals surface area contributed by atoms with Crippen molar-refractivity contribution >= 4 is 22.0 Å². The molecule has 0 unspecified atom stereocenters. The number of benzene rings is 2. The molecule has 1 fully saturated rings. The van der Waals surface area contributed by atoms with Crippen LogP contribution in [0.25, 0.3) is 11.3 Å². The van der Waals surface area contributed by atoms with Gasteiger partial charge < -0.3 is 15.7 Å². The Labute approximate surface area is 185 Å². The summed E-state index contributed by atoms with van der Waals surface area (Å²) in [6.45, 7) is 0.157. The quantitative estimate of drug-likeness (QED) is 0.484. The van der Waals surface area contributed by atoms with Crippen molar-refractivity contribution in [3.05, 3.63) is 78.0 Å². The Kier molecular flexibility index (Phi) is 6.00. The predicted molar refractivity (Wildman–Crippen MR) is 119 cm³/mol.